The summed E-state index contributed by atoms with van der Waals surface area (Å²) in [4.78, 5) is 3.86. The van der Waals surface area contributed by atoms with E-state index >= 15 is 0 Å². The fourth-order valence-corrected chi connectivity index (χ4v) is 0.796. The molecule has 1 aromatic rings. The van der Waals surface area contributed by atoms with Crippen LogP contribution in [0.5, 0.6) is 0 Å². The summed E-state index contributed by atoms with van der Waals surface area (Å²) >= 11 is 0. The molecule has 0 bridgehead atoms. The Kier molecular flexibility index (Phi) is 4.51. The molecule has 0 saturated carbocycles. The van der Waals surface area contributed by atoms with Gasteiger partial charge in [0.05, 0.1) is 5.56 Å². The quantitative estimate of drug-likeness (QED) is 0.449. The van der Waals surface area contributed by atoms with Gasteiger partial charge in [0, 0.05) is 6.20 Å². The van der Waals surface area contributed by atoms with E-state index in [1.165, 1.54) is 0 Å². The number of anilines is 1. The van der Waals surface area contributed by atoms with Gasteiger partial charge in [-0.3, -0.25) is 5.41 Å². The van der Waals surface area contributed by atoms with Crippen LogP contribution in [0.1, 0.15) is 25.0 Å². The van der Waals surface area contributed by atoms with Gasteiger partial charge in [-0.2, -0.15) is 0 Å². The smallest absolute Gasteiger partial charge is 0.134 e. The van der Waals surface area contributed by atoms with E-state index in [0.717, 1.165) is 5.56 Å². The minimum Gasteiger partial charge on any atom is -0.384 e. The highest BCUT2D eigenvalue weighted by Gasteiger charge is 2.02. The van der Waals surface area contributed by atoms with Gasteiger partial charge in [-0.1, -0.05) is 13.8 Å². The third-order valence-electron chi connectivity index (χ3n) is 1.35. The highest BCUT2D eigenvalue weighted by molar-refractivity contribution is 5.99. The first kappa shape index (κ1) is 11.4. The van der Waals surface area contributed by atoms with Crippen LogP contribution in [0.25, 0.3) is 0 Å². The maximum Gasteiger partial charge on any atom is 0.134 e. The second-order valence-electron chi connectivity index (χ2n) is 2.36. The standard InChI is InChI=1S/C7H10N4.C2H6/c1-4-2-5(6(8)9)7(10)11-3-4;1-2/h2-3H,1H3,(H3,8,9)(H2,10,11);1-2H3. The Bertz CT molecular complexity index is 294. The summed E-state index contributed by atoms with van der Waals surface area (Å²) in [5, 5.41) is 7.13. The van der Waals surface area contributed by atoms with E-state index in [-0.39, 0.29) is 5.84 Å². The summed E-state index contributed by atoms with van der Waals surface area (Å²) in [6.07, 6.45) is 1.64. The second kappa shape index (κ2) is 5.13. The highest BCUT2D eigenvalue weighted by atomic mass is 14.8. The van der Waals surface area contributed by atoms with E-state index in [0.29, 0.717) is 11.4 Å². The molecule has 0 amide bonds. The van der Waals surface area contributed by atoms with Gasteiger partial charge < -0.3 is 11.5 Å². The number of rotatable bonds is 1. The SMILES string of the molecule is CC.Cc1cnc(N)c(C(=N)N)c1. The van der Waals surface area contributed by atoms with Crippen molar-refractivity contribution >= 4 is 11.7 Å². The van der Waals surface area contributed by atoms with Crippen molar-refractivity contribution in [1.82, 2.24) is 4.98 Å². The molecular formula is C9H16N4. The lowest BCUT2D eigenvalue weighted by atomic mass is 10.2. The van der Waals surface area contributed by atoms with Crippen LogP contribution in [0.2, 0.25) is 0 Å². The van der Waals surface area contributed by atoms with Gasteiger partial charge in [0.1, 0.15) is 11.7 Å². The summed E-state index contributed by atoms with van der Waals surface area (Å²) in [5.41, 5.74) is 12.2. The first-order chi connectivity index (χ1) is 6.11. The maximum absolute atomic E-state index is 7.13. The van der Waals surface area contributed by atoms with E-state index < -0.39 is 0 Å². The third-order valence-corrected chi connectivity index (χ3v) is 1.35. The molecule has 0 fully saturated rings. The molecule has 0 spiro atoms. The van der Waals surface area contributed by atoms with Gasteiger partial charge in [-0.15, -0.1) is 0 Å². The molecule has 0 aliphatic rings. The van der Waals surface area contributed by atoms with Gasteiger partial charge in [0.2, 0.25) is 0 Å². The van der Waals surface area contributed by atoms with E-state index in [4.69, 9.17) is 16.9 Å². The molecule has 0 unspecified atom stereocenters. The number of nitrogen functional groups attached to an aromatic ring is 2. The van der Waals surface area contributed by atoms with Crippen molar-refractivity contribution in [2.45, 2.75) is 20.8 Å². The van der Waals surface area contributed by atoms with Crippen molar-refractivity contribution in [3.05, 3.63) is 23.4 Å². The van der Waals surface area contributed by atoms with Crippen LogP contribution in [0, 0.1) is 12.3 Å². The van der Waals surface area contributed by atoms with Crippen molar-refractivity contribution in [3.63, 3.8) is 0 Å². The summed E-state index contributed by atoms with van der Waals surface area (Å²) in [7, 11) is 0. The van der Waals surface area contributed by atoms with Crippen LogP contribution in [0.3, 0.4) is 0 Å². The molecule has 0 aliphatic heterocycles. The van der Waals surface area contributed by atoms with Crippen molar-refractivity contribution < 1.29 is 0 Å². The Morgan fingerprint density at radius 2 is 2.00 bits per heavy atom. The number of nitrogens with one attached hydrogen (secondary N) is 1. The van der Waals surface area contributed by atoms with Gasteiger partial charge >= 0.3 is 0 Å². The Labute approximate surface area is 78.5 Å². The number of aromatic nitrogens is 1. The number of hydrogen-bond donors (Lipinski definition) is 3. The molecule has 0 aliphatic carbocycles. The highest BCUT2D eigenvalue weighted by Crippen LogP contribution is 2.08. The van der Waals surface area contributed by atoms with E-state index in [2.05, 4.69) is 4.98 Å². The van der Waals surface area contributed by atoms with Crippen molar-refractivity contribution in [3.8, 4) is 0 Å². The Morgan fingerprint density at radius 1 is 1.46 bits per heavy atom. The zero-order valence-corrected chi connectivity index (χ0v) is 8.26. The minimum atomic E-state index is -0.0429. The lowest BCUT2D eigenvalue weighted by Crippen LogP contribution is -2.14. The topological polar surface area (TPSA) is 88.8 Å². The second-order valence-corrected chi connectivity index (χ2v) is 2.36. The van der Waals surface area contributed by atoms with Gasteiger partial charge in [-0.05, 0) is 18.6 Å². The lowest BCUT2D eigenvalue weighted by Gasteiger charge is -2.02. The van der Waals surface area contributed by atoms with Gasteiger partial charge in [0.15, 0.2) is 0 Å². The molecule has 4 nitrogen and oxygen atoms in total. The first-order valence-corrected chi connectivity index (χ1v) is 4.18. The van der Waals surface area contributed by atoms with E-state index in [1.54, 1.807) is 12.3 Å². The predicted octanol–water partition coefficient (Wildman–Crippen LogP) is 1.28. The number of pyridine rings is 1. The molecule has 1 rings (SSSR count). The summed E-state index contributed by atoms with van der Waals surface area (Å²) in [6, 6.07) is 1.74. The Hall–Kier alpha value is -1.58. The molecule has 1 aromatic heterocycles. The fourth-order valence-electron chi connectivity index (χ4n) is 0.796. The van der Waals surface area contributed by atoms with Crippen molar-refractivity contribution in [2.24, 2.45) is 5.73 Å². The van der Waals surface area contributed by atoms with Gasteiger partial charge in [-0.25, -0.2) is 4.98 Å². The average molecular weight is 180 g/mol. The monoisotopic (exact) mass is 180 g/mol. The van der Waals surface area contributed by atoms with Crippen LogP contribution >= 0.6 is 0 Å². The molecule has 13 heavy (non-hydrogen) atoms. The van der Waals surface area contributed by atoms with Crippen LogP contribution in [0.4, 0.5) is 5.82 Å². The molecular weight excluding hydrogens is 164 g/mol. The van der Waals surface area contributed by atoms with Crippen LogP contribution < -0.4 is 11.5 Å². The first-order valence-electron chi connectivity index (χ1n) is 4.18. The van der Waals surface area contributed by atoms with Crippen LogP contribution in [-0.4, -0.2) is 10.8 Å². The molecule has 72 valence electrons. The van der Waals surface area contributed by atoms with Crippen molar-refractivity contribution in [1.29, 1.82) is 5.41 Å². The van der Waals surface area contributed by atoms with Crippen LogP contribution in [-0.2, 0) is 0 Å². The lowest BCUT2D eigenvalue weighted by molar-refractivity contribution is 1.25. The Morgan fingerprint density at radius 3 is 2.38 bits per heavy atom. The number of hydrogen-bond acceptors (Lipinski definition) is 3. The minimum absolute atomic E-state index is 0.0429. The third kappa shape index (κ3) is 3.11. The summed E-state index contributed by atoms with van der Waals surface area (Å²) < 4.78 is 0. The van der Waals surface area contributed by atoms with Crippen LogP contribution in [0.15, 0.2) is 12.3 Å². The molecule has 4 heteroatoms. The largest absolute Gasteiger partial charge is 0.384 e. The van der Waals surface area contributed by atoms with Gasteiger partial charge in [0.25, 0.3) is 0 Å². The number of aryl methyl sites for hydroxylation is 1. The predicted molar refractivity (Wildman–Crippen MR) is 55.8 cm³/mol. The normalized spacial score (nSPS) is 8.54. The molecule has 0 radical (unpaired) electrons. The summed E-state index contributed by atoms with van der Waals surface area (Å²) in [5.74, 6) is 0.266. The molecule has 0 saturated heterocycles. The molecule has 0 aromatic carbocycles. The molecule has 0 atom stereocenters. The zero-order valence-electron chi connectivity index (χ0n) is 8.26. The Balaban J connectivity index is 0.000000671. The van der Waals surface area contributed by atoms with Crippen molar-refractivity contribution in [2.75, 3.05) is 5.73 Å². The fraction of sp³-hybridized carbons (Fsp3) is 0.333. The average Bonchev–Trinajstić information content (AvgIpc) is 2.12. The number of nitrogens with zero attached hydrogens (tertiary/aromatic N) is 1. The zero-order chi connectivity index (χ0) is 10.4. The van der Waals surface area contributed by atoms with E-state index in [9.17, 15) is 0 Å². The molecule has 5 N–H and O–H groups in total. The maximum atomic E-state index is 7.13. The van der Waals surface area contributed by atoms with E-state index in [1.807, 2.05) is 20.8 Å². The molecule has 1 heterocycles. The number of nitrogens with two attached hydrogens (primary N) is 2. The summed E-state index contributed by atoms with van der Waals surface area (Å²) in [6.45, 7) is 5.87. The number of amidine groups is 1.